The van der Waals surface area contributed by atoms with Crippen LogP contribution in [0, 0.1) is 11.6 Å². The average molecular weight is 360 g/mol. The summed E-state index contributed by atoms with van der Waals surface area (Å²) in [4.78, 5) is 26.0. The SMILES string of the molecule is CCN(CC)C(=O)c1ccc(NC(=O)CCc2ccc(F)c(F)c2)cc1. The molecule has 0 aromatic heterocycles. The van der Waals surface area contributed by atoms with Crippen LogP contribution in [0.25, 0.3) is 0 Å². The molecule has 0 atom stereocenters. The van der Waals surface area contributed by atoms with E-state index in [1.54, 1.807) is 29.2 Å². The molecule has 0 heterocycles. The van der Waals surface area contributed by atoms with Gasteiger partial charge in [-0.3, -0.25) is 9.59 Å². The van der Waals surface area contributed by atoms with E-state index in [1.807, 2.05) is 13.8 Å². The van der Waals surface area contributed by atoms with E-state index in [9.17, 15) is 18.4 Å². The topological polar surface area (TPSA) is 49.4 Å². The van der Waals surface area contributed by atoms with Gasteiger partial charge in [-0.25, -0.2) is 8.78 Å². The fraction of sp³-hybridized carbons (Fsp3) is 0.300. The van der Waals surface area contributed by atoms with Gasteiger partial charge >= 0.3 is 0 Å². The first-order valence-electron chi connectivity index (χ1n) is 8.57. The summed E-state index contributed by atoms with van der Waals surface area (Å²) in [5.74, 6) is -2.11. The van der Waals surface area contributed by atoms with E-state index in [1.165, 1.54) is 6.07 Å². The number of hydrogen-bond donors (Lipinski definition) is 1. The number of anilines is 1. The number of amides is 2. The highest BCUT2D eigenvalue weighted by Crippen LogP contribution is 2.14. The minimum Gasteiger partial charge on any atom is -0.339 e. The zero-order chi connectivity index (χ0) is 19.1. The van der Waals surface area contributed by atoms with Gasteiger partial charge in [-0.1, -0.05) is 6.07 Å². The van der Waals surface area contributed by atoms with Crippen LogP contribution in [0.5, 0.6) is 0 Å². The Bertz CT molecular complexity index is 772. The Balaban J connectivity index is 1.90. The summed E-state index contributed by atoms with van der Waals surface area (Å²) in [5.41, 5.74) is 1.70. The quantitative estimate of drug-likeness (QED) is 0.811. The van der Waals surface area contributed by atoms with Crippen LogP contribution >= 0.6 is 0 Å². The lowest BCUT2D eigenvalue weighted by atomic mass is 10.1. The van der Waals surface area contributed by atoms with E-state index in [2.05, 4.69) is 5.32 Å². The molecule has 0 bridgehead atoms. The van der Waals surface area contributed by atoms with Gasteiger partial charge in [0, 0.05) is 30.8 Å². The number of benzene rings is 2. The zero-order valence-corrected chi connectivity index (χ0v) is 14.9. The highest BCUT2D eigenvalue weighted by Gasteiger charge is 2.12. The average Bonchev–Trinajstić information content (AvgIpc) is 2.64. The maximum Gasteiger partial charge on any atom is 0.253 e. The predicted octanol–water partition coefficient (Wildman–Crippen LogP) is 4.02. The first-order chi connectivity index (χ1) is 12.4. The third-order valence-electron chi connectivity index (χ3n) is 4.09. The highest BCUT2D eigenvalue weighted by molar-refractivity contribution is 5.95. The van der Waals surface area contributed by atoms with Crippen molar-refractivity contribution in [2.75, 3.05) is 18.4 Å². The molecule has 0 aliphatic rings. The maximum atomic E-state index is 13.2. The lowest BCUT2D eigenvalue weighted by molar-refractivity contribution is -0.116. The van der Waals surface area contributed by atoms with E-state index in [4.69, 9.17) is 0 Å². The number of hydrogen-bond acceptors (Lipinski definition) is 2. The number of nitrogens with one attached hydrogen (secondary N) is 1. The standard InChI is InChI=1S/C20H22F2N2O2/c1-3-24(4-2)20(26)15-7-9-16(10-8-15)23-19(25)12-6-14-5-11-17(21)18(22)13-14/h5,7-11,13H,3-4,6,12H2,1-2H3,(H,23,25). The molecule has 4 nitrogen and oxygen atoms in total. The second-order valence-electron chi connectivity index (χ2n) is 5.85. The van der Waals surface area contributed by atoms with Crippen LogP contribution in [0.3, 0.4) is 0 Å². The molecule has 26 heavy (non-hydrogen) atoms. The van der Waals surface area contributed by atoms with Gasteiger partial charge in [-0.05, 0) is 62.2 Å². The van der Waals surface area contributed by atoms with E-state index in [0.717, 1.165) is 12.1 Å². The van der Waals surface area contributed by atoms with E-state index < -0.39 is 11.6 Å². The van der Waals surface area contributed by atoms with Gasteiger partial charge in [0.15, 0.2) is 11.6 Å². The Kier molecular flexibility index (Phi) is 6.83. The van der Waals surface area contributed by atoms with Crippen molar-refractivity contribution in [3.8, 4) is 0 Å². The van der Waals surface area contributed by atoms with Crippen LogP contribution < -0.4 is 5.32 Å². The van der Waals surface area contributed by atoms with Crippen LogP contribution in [-0.2, 0) is 11.2 Å². The van der Waals surface area contributed by atoms with Gasteiger partial charge < -0.3 is 10.2 Å². The molecule has 0 unspecified atom stereocenters. The Hall–Kier alpha value is -2.76. The lowest BCUT2D eigenvalue weighted by Crippen LogP contribution is -2.30. The van der Waals surface area contributed by atoms with Crippen LogP contribution in [0.1, 0.15) is 36.2 Å². The van der Waals surface area contributed by atoms with Crippen LogP contribution in [0.15, 0.2) is 42.5 Å². The van der Waals surface area contributed by atoms with Crippen molar-refractivity contribution < 1.29 is 18.4 Å². The number of carbonyl (C=O) groups is 2. The highest BCUT2D eigenvalue weighted by atomic mass is 19.2. The number of rotatable bonds is 7. The van der Waals surface area contributed by atoms with E-state index >= 15 is 0 Å². The molecule has 6 heteroatoms. The molecule has 1 N–H and O–H groups in total. The second kappa shape index (κ2) is 9.08. The number of halogens is 2. The van der Waals surface area contributed by atoms with Crippen molar-refractivity contribution in [3.63, 3.8) is 0 Å². The van der Waals surface area contributed by atoms with Crippen LogP contribution in [-0.4, -0.2) is 29.8 Å². The largest absolute Gasteiger partial charge is 0.339 e. The first-order valence-corrected chi connectivity index (χ1v) is 8.57. The second-order valence-corrected chi connectivity index (χ2v) is 5.85. The molecule has 0 spiro atoms. The molecule has 0 fully saturated rings. The smallest absolute Gasteiger partial charge is 0.253 e. The monoisotopic (exact) mass is 360 g/mol. The molecule has 0 saturated heterocycles. The molecular formula is C20H22F2N2O2. The lowest BCUT2D eigenvalue weighted by Gasteiger charge is -2.18. The van der Waals surface area contributed by atoms with Crippen molar-refractivity contribution in [1.29, 1.82) is 0 Å². The van der Waals surface area contributed by atoms with Crippen molar-refractivity contribution in [2.24, 2.45) is 0 Å². The van der Waals surface area contributed by atoms with Gasteiger partial charge in [-0.2, -0.15) is 0 Å². The summed E-state index contributed by atoms with van der Waals surface area (Å²) in [5, 5.41) is 2.73. The molecule has 138 valence electrons. The number of nitrogens with zero attached hydrogens (tertiary/aromatic N) is 1. The first kappa shape index (κ1) is 19.6. The Morgan fingerprint density at radius 1 is 0.962 bits per heavy atom. The molecule has 2 amide bonds. The fourth-order valence-electron chi connectivity index (χ4n) is 2.57. The van der Waals surface area contributed by atoms with Crippen molar-refractivity contribution in [3.05, 3.63) is 65.2 Å². The molecular weight excluding hydrogens is 338 g/mol. The van der Waals surface area contributed by atoms with Gasteiger partial charge in [0.2, 0.25) is 5.91 Å². The van der Waals surface area contributed by atoms with Crippen molar-refractivity contribution in [2.45, 2.75) is 26.7 Å². The summed E-state index contributed by atoms with van der Waals surface area (Å²) in [6, 6.07) is 10.3. The third-order valence-corrected chi connectivity index (χ3v) is 4.09. The molecule has 2 rings (SSSR count). The van der Waals surface area contributed by atoms with E-state index in [-0.39, 0.29) is 18.2 Å². The summed E-state index contributed by atoms with van der Waals surface area (Å²) in [6.45, 7) is 5.11. The maximum absolute atomic E-state index is 13.2. The molecule has 0 aliphatic heterocycles. The summed E-state index contributed by atoms with van der Waals surface area (Å²) >= 11 is 0. The third kappa shape index (κ3) is 5.12. The molecule has 0 aliphatic carbocycles. The van der Waals surface area contributed by atoms with Gasteiger partial charge in [-0.15, -0.1) is 0 Å². The molecule has 2 aromatic carbocycles. The Morgan fingerprint density at radius 2 is 1.62 bits per heavy atom. The molecule has 0 radical (unpaired) electrons. The molecule has 0 saturated carbocycles. The number of carbonyl (C=O) groups excluding carboxylic acids is 2. The number of aryl methyl sites for hydroxylation is 1. The fourth-order valence-corrected chi connectivity index (χ4v) is 2.57. The predicted molar refractivity (Wildman–Crippen MR) is 97.0 cm³/mol. The van der Waals surface area contributed by atoms with Gasteiger partial charge in [0.05, 0.1) is 0 Å². The Morgan fingerprint density at radius 3 is 2.19 bits per heavy atom. The van der Waals surface area contributed by atoms with Crippen LogP contribution in [0.4, 0.5) is 14.5 Å². The molecule has 2 aromatic rings. The van der Waals surface area contributed by atoms with E-state index in [0.29, 0.717) is 36.3 Å². The van der Waals surface area contributed by atoms with Crippen molar-refractivity contribution >= 4 is 17.5 Å². The minimum atomic E-state index is -0.920. The van der Waals surface area contributed by atoms with Gasteiger partial charge in [0.25, 0.3) is 5.91 Å². The zero-order valence-electron chi connectivity index (χ0n) is 14.9. The van der Waals surface area contributed by atoms with Gasteiger partial charge in [0.1, 0.15) is 0 Å². The Labute approximate surface area is 151 Å². The summed E-state index contributed by atoms with van der Waals surface area (Å²) < 4.78 is 26.0. The minimum absolute atomic E-state index is 0.0498. The van der Waals surface area contributed by atoms with Crippen molar-refractivity contribution in [1.82, 2.24) is 4.90 Å². The normalized spacial score (nSPS) is 10.5. The van der Waals surface area contributed by atoms with Crippen LogP contribution in [0.2, 0.25) is 0 Å². The summed E-state index contributed by atoms with van der Waals surface area (Å²) in [6.07, 6.45) is 0.451. The summed E-state index contributed by atoms with van der Waals surface area (Å²) in [7, 11) is 0.